The molecule has 2 saturated heterocycles. The normalized spacial score (nSPS) is 18.2. The lowest BCUT2D eigenvalue weighted by atomic mass is 10.0. The minimum atomic E-state index is -0.173. The number of hydrogen-bond acceptors (Lipinski definition) is 6. The van der Waals surface area contributed by atoms with E-state index in [0.29, 0.717) is 23.0 Å². The first-order valence-electron chi connectivity index (χ1n) is 12.9. The zero-order valence-electron chi connectivity index (χ0n) is 21.3. The van der Waals surface area contributed by atoms with Gasteiger partial charge < -0.3 is 26.0 Å². The van der Waals surface area contributed by atoms with Gasteiger partial charge in [-0.2, -0.15) is 0 Å². The second-order valence-corrected chi connectivity index (χ2v) is 10.9. The summed E-state index contributed by atoms with van der Waals surface area (Å²) >= 11 is 1.47. The lowest BCUT2D eigenvalue weighted by Crippen LogP contribution is -2.51. The molecule has 194 valence electrons. The van der Waals surface area contributed by atoms with Gasteiger partial charge in [-0.15, -0.1) is 11.3 Å². The average Bonchev–Trinajstić information content (AvgIpc) is 3.58. The molecule has 2 aliphatic rings. The molecule has 4 N–H and O–H groups in total. The van der Waals surface area contributed by atoms with E-state index in [0.717, 1.165) is 59.8 Å². The Morgan fingerprint density at radius 1 is 1.11 bits per heavy atom. The summed E-state index contributed by atoms with van der Waals surface area (Å²) in [5.74, 6) is -0.156. The van der Waals surface area contributed by atoms with Crippen LogP contribution in [0.5, 0.6) is 0 Å². The van der Waals surface area contributed by atoms with E-state index >= 15 is 0 Å². The highest BCUT2D eigenvalue weighted by Gasteiger charge is 2.20. The molecule has 8 heteroatoms. The zero-order chi connectivity index (χ0) is 25.8. The van der Waals surface area contributed by atoms with Gasteiger partial charge in [0.1, 0.15) is 0 Å². The van der Waals surface area contributed by atoms with Crippen molar-refractivity contribution in [1.29, 1.82) is 0 Å². The van der Waals surface area contributed by atoms with Crippen molar-refractivity contribution in [2.45, 2.75) is 44.9 Å². The highest BCUT2D eigenvalue weighted by molar-refractivity contribution is 7.17. The molecular formula is C29H34N4O3S. The van der Waals surface area contributed by atoms with Crippen LogP contribution in [0.15, 0.2) is 54.6 Å². The van der Waals surface area contributed by atoms with Gasteiger partial charge in [0.05, 0.1) is 23.1 Å². The van der Waals surface area contributed by atoms with Gasteiger partial charge in [-0.05, 0) is 73.7 Å². The van der Waals surface area contributed by atoms with Gasteiger partial charge in [0.2, 0.25) is 0 Å². The molecule has 0 radical (unpaired) electrons. The van der Waals surface area contributed by atoms with Gasteiger partial charge in [-0.25, -0.2) is 0 Å². The molecule has 0 spiro atoms. The topological polar surface area (TPSA) is 91.5 Å². The van der Waals surface area contributed by atoms with Crippen LogP contribution in [0.4, 0.5) is 5.69 Å². The van der Waals surface area contributed by atoms with Crippen LogP contribution in [0.25, 0.3) is 10.4 Å². The fourth-order valence-electron chi connectivity index (χ4n) is 4.62. The summed E-state index contributed by atoms with van der Waals surface area (Å²) < 4.78 is 5.59. The third-order valence-electron chi connectivity index (χ3n) is 7.00. The quantitative estimate of drug-likeness (QED) is 0.335. The Morgan fingerprint density at radius 3 is 2.73 bits per heavy atom. The highest BCUT2D eigenvalue weighted by Crippen LogP contribution is 2.30. The second kappa shape index (κ2) is 11.5. The first-order chi connectivity index (χ1) is 18.0. The predicted molar refractivity (Wildman–Crippen MR) is 148 cm³/mol. The molecule has 1 aromatic heterocycles. The first-order valence-corrected chi connectivity index (χ1v) is 13.8. The first kappa shape index (κ1) is 25.4. The van der Waals surface area contributed by atoms with E-state index < -0.39 is 0 Å². The van der Waals surface area contributed by atoms with Gasteiger partial charge >= 0.3 is 0 Å². The lowest BCUT2D eigenvalue weighted by molar-refractivity contribution is 0.0860. The summed E-state index contributed by atoms with van der Waals surface area (Å²) in [7, 11) is 0. The number of carbonyl (C=O) groups is 2. The summed E-state index contributed by atoms with van der Waals surface area (Å²) in [6.45, 7) is 7.16. The molecule has 3 heterocycles. The number of benzene rings is 2. The number of rotatable bonds is 9. The average molecular weight is 519 g/mol. The van der Waals surface area contributed by atoms with Crippen LogP contribution in [-0.2, 0) is 4.74 Å². The number of ether oxygens (including phenoxy) is 1. The molecule has 7 nitrogen and oxygen atoms in total. The molecule has 2 atom stereocenters. The maximum absolute atomic E-state index is 13.2. The molecule has 3 aromatic rings. The molecule has 2 aliphatic heterocycles. The van der Waals surface area contributed by atoms with Crippen LogP contribution < -0.4 is 21.3 Å². The fourth-order valence-corrected chi connectivity index (χ4v) is 5.53. The number of hydrogen-bond donors (Lipinski definition) is 4. The van der Waals surface area contributed by atoms with Crippen molar-refractivity contribution in [1.82, 2.24) is 16.0 Å². The summed E-state index contributed by atoms with van der Waals surface area (Å²) in [6, 6.07) is 18.2. The smallest absolute Gasteiger partial charge is 0.261 e. The Hall–Kier alpha value is -3.20. The molecule has 0 bridgehead atoms. The van der Waals surface area contributed by atoms with E-state index in [9.17, 15) is 9.59 Å². The van der Waals surface area contributed by atoms with E-state index in [1.807, 2.05) is 62.4 Å². The van der Waals surface area contributed by atoms with E-state index in [1.165, 1.54) is 11.3 Å². The fraction of sp³-hybridized carbons (Fsp3) is 0.379. The van der Waals surface area contributed by atoms with Crippen molar-refractivity contribution < 1.29 is 14.3 Å². The molecular weight excluding hydrogens is 484 g/mol. The number of nitrogens with one attached hydrogen (secondary N) is 4. The Balaban J connectivity index is 1.23. The van der Waals surface area contributed by atoms with Crippen LogP contribution in [0.1, 0.15) is 57.0 Å². The third kappa shape index (κ3) is 6.21. The van der Waals surface area contributed by atoms with Crippen molar-refractivity contribution >= 4 is 28.8 Å². The van der Waals surface area contributed by atoms with Crippen molar-refractivity contribution in [2.75, 3.05) is 31.6 Å². The minimum Gasteiger partial charge on any atom is -0.380 e. The Labute approximate surface area is 222 Å². The molecule has 2 aromatic carbocycles. The molecule has 2 unspecified atom stereocenters. The van der Waals surface area contributed by atoms with Gasteiger partial charge in [0, 0.05) is 42.4 Å². The van der Waals surface area contributed by atoms with Crippen LogP contribution >= 0.6 is 11.3 Å². The summed E-state index contributed by atoms with van der Waals surface area (Å²) in [5, 5.41) is 12.9. The Morgan fingerprint density at radius 2 is 1.97 bits per heavy atom. The largest absolute Gasteiger partial charge is 0.380 e. The number of carbonyl (C=O) groups excluding carboxylic acids is 2. The third-order valence-corrected chi connectivity index (χ3v) is 8.13. The molecule has 5 rings (SSSR count). The zero-order valence-corrected chi connectivity index (χ0v) is 22.1. The van der Waals surface area contributed by atoms with Crippen LogP contribution in [0.2, 0.25) is 0 Å². The SMILES string of the molecule is Cc1ccc(NC2CNC2)cc1C(=O)NC(C)c1cccc(-c2ccc(C(=O)NCC3CCCO3)s2)c1. The van der Waals surface area contributed by atoms with Crippen molar-refractivity contribution in [2.24, 2.45) is 0 Å². The Bertz CT molecular complexity index is 1260. The van der Waals surface area contributed by atoms with E-state index in [2.05, 4.69) is 27.3 Å². The van der Waals surface area contributed by atoms with E-state index in [1.54, 1.807) is 0 Å². The standard InChI is InChI=1S/C29H34N4O3S/c1-18-8-9-22(33-23-15-30-16-23)14-25(18)28(34)32-19(2)20-5-3-6-21(13-20)26-10-11-27(37-26)29(35)31-17-24-7-4-12-36-24/h3,5-6,8-11,13-14,19,23-24,30,33H,4,7,12,15-17H2,1-2H3,(H,31,35)(H,32,34). The van der Waals surface area contributed by atoms with Crippen LogP contribution in [-0.4, -0.2) is 50.2 Å². The van der Waals surface area contributed by atoms with E-state index in [4.69, 9.17) is 4.74 Å². The molecule has 0 saturated carbocycles. The van der Waals surface area contributed by atoms with Crippen LogP contribution in [0, 0.1) is 6.92 Å². The number of thiophene rings is 1. The molecule has 0 aliphatic carbocycles. The van der Waals surface area contributed by atoms with Gasteiger partial charge in [0.15, 0.2) is 0 Å². The van der Waals surface area contributed by atoms with E-state index in [-0.39, 0.29) is 24.0 Å². The summed E-state index contributed by atoms with van der Waals surface area (Å²) in [4.78, 5) is 27.5. The maximum Gasteiger partial charge on any atom is 0.261 e. The summed E-state index contributed by atoms with van der Waals surface area (Å²) in [6.07, 6.45) is 2.18. The predicted octanol–water partition coefficient (Wildman–Crippen LogP) is 4.51. The Kier molecular flexibility index (Phi) is 7.88. The minimum absolute atomic E-state index is 0.0656. The molecule has 37 heavy (non-hydrogen) atoms. The molecule has 2 amide bonds. The number of anilines is 1. The maximum atomic E-state index is 13.2. The van der Waals surface area contributed by atoms with Gasteiger partial charge in [-0.1, -0.05) is 24.3 Å². The number of amides is 2. The van der Waals surface area contributed by atoms with Crippen molar-refractivity contribution in [3.63, 3.8) is 0 Å². The monoisotopic (exact) mass is 518 g/mol. The number of aryl methyl sites for hydroxylation is 1. The highest BCUT2D eigenvalue weighted by atomic mass is 32.1. The molecule has 2 fully saturated rings. The lowest BCUT2D eigenvalue weighted by Gasteiger charge is -2.29. The van der Waals surface area contributed by atoms with Crippen LogP contribution in [0.3, 0.4) is 0 Å². The van der Waals surface area contributed by atoms with Crippen molar-refractivity contribution in [3.8, 4) is 10.4 Å². The summed E-state index contributed by atoms with van der Waals surface area (Å²) in [5.41, 5.74) is 4.62. The van der Waals surface area contributed by atoms with Crippen molar-refractivity contribution in [3.05, 3.63) is 76.2 Å². The van der Waals surface area contributed by atoms with Gasteiger partial charge in [0.25, 0.3) is 11.8 Å². The second-order valence-electron chi connectivity index (χ2n) is 9.86. The van der Waals surface area contributed by atoms with Gasteiger partial charge in [-0.3, -0.25) is 9.59 Å².